The minimum Gasteiger partial charge on any atom is -0.462 e. The van der Waals surface area contributed by atoms with Crippen molar-refractivity contribution in [1.29, 1.82) is 0 Å². The Morgan fingerprint density at radius 2 is 0.597 bits per heavy atom. The normalized spacial score (nSPS) is 14.6. The molecule has 0 aliphatic heterocycles. The highest BCUT2D eigenvalue weighted by molar-refractivity contribution is 7.47. The zero-order valence-electron chi connectivity index (χ0n) is 49.4. The lowest BCUT2D eigenvalue weighted by molar-refractivity contribution is -0.161. The van der Waals surface area contributed by atoms with E-state index in [1.807, 2.05) is 0 Å². The summed E-state index contributed by atoms with van der Waals surface area (Å²) in [5, 5.41) is 10.5. The Morgan fingerprint density at radius 3 is 0.883 bits per heavy atom. The molecule has 0 aliphatic rings. The first-order valence-electron chi connectivity index (χ1n) is 30.3. The van der Waals surface area contributed by atoms with E-state index in [0.29, 0.717) is 37.5 Å². The quantitative estimate of drug-likeness (QED) is 0.0222. The van der Waals surface area contributed by atoms with Crippen LogP contribution in [0.1, 0.15) is 273 Å². The van der Waals surface area contributed by atoms with Crippen LogP contribution in [-0.2, 0) is 65.4 Å². The van der Waals surface area contributed by atoms with Gasteiger partial charge in [-0.3, -0.25) is 37.3 Å². The molecule has 5 atom stereocenters. The number of phosphoric acid groups is 2. The number of aliphatic hydroxyl groups excluding tert-OH is 1. The summed E-state index contributed by atoms with van der Waals surface area (Å²) in [6.45, 7) is 11.5. The highest BCUT2D eigenvalue weighted by atomic mass is 31.2. The molecule has 0 spiro atoms. The summed E-state index contributed by atoms with van der Waals surface area (Å²) < 4.78 is 67.6. The average Bonchev–Trinajstić information content (AvgIpc) is 3.37. The number of phosphoric ester groups is 2. The molecule has 2 unspecified atom stereocenters. The van der Waals surface area contributed by atoms with Crippen molar-refractivity contribution in [2.45, 2.75) is 292 Å². The maximum atomic E-state index is 12.9. The SMILES string of the molecule is CCCCCCCCCC(=O)OC[C@H](COP(=O)(O)OC[C@H](O)COP(=O)(O)OC[C@@H](COC(=O)CCCCCCCCC(C)C)OC(=O)CCCCCCCCCCCC(C)C)OC(=O)CCCCCCCCC(C)C. The van der Waals surface area contributed by atoms with Crippen molar-refractivity contribution in [3.05, 3.63) is 0 Å². The van der Waals surface area contributed by atoms with Crippen LogP contribution in [0.25, 0.3) is 0 Å². The fourth-order valence-corrected chi connectivity index (χ4v) is 10.00. The average molecular weight is 1140 g/mol. The van der Waals surface area contributed by atoms with E-state index in [0.717, 1.165) is 115 Å². The summed E-state index contributed by atoms with van der Waals surface area (Å²) in [6, 6.07) is 0. The molecular formula is C58H112O17P2. The van der Waals surface area contributed by atoms with Gasteiger partial charge >= 0.3 is 39.5 Å². The van der Waals surface area contributed by atoms with Crippen molar-refractivity contribution >= 4 is 39.5 Å². The van der Waals surface area contributed by atoms with Crippen LogP contribution >= 0.6 is 15.6 Å². The third kappa shape index (κ3) is 53.2. The van der Waals surface area contributed by atoms with Gasteiger partial charge in [0.1, 0.15) is 19.3 Å². The van der Waals surface area contributed by atoms with Gasteiger partial charge in [0.25, 0.3) is 0 Å². The molecule has 0 heterocycles. The number of hydrogen-bond acceptors (Lipinski definition) is 15. The number of hydrogen-bond donors (Lipinski definition) is 3. The summed E-state index contributed by atoms with van der Waals surface area (Å²) in [5.41, 5.74) is 0. The van der Waals surface area contributed by atoms with E-state index in [2.05, 4.69) is 48.5 Å². The predicted octanol–water partition coefficient (Wildman–Crippen LogP) is 15.2. The Morgan fingerprint density at radius 1 is 0.351 bits per heavy atom. The summed E-state index contributed by atoms with van der Waals surface area (Å²) in [6.07, 6.45) is 28.4. The minimum atomic E-state index is -4.94. The molecule has 0 aromatic carbocycles. The largest absolute Gasteiger partial charge is 0.472 e. The lowest BCUT2D eigenvalue weighted by atomic mass is 10.0. The van der Waals surface area contributed by atoms with Gasteiger partial charge in [-0.2, -0.15) is 0 Å². The zero-order chi connectivity index (χ0) is 57.4. The molecule has 0 amide bonds. The topological polar surface area (TPSA) is 237 Å². The van der Waals surface area contributed by atoms with E-state index < -0.39 is 97.5 Å². The molecule has 17 nitrogen and oxygen atoms in total. The van der Waals surface area contributed by atoms with Gasteiger partial charge in [-0.15, -0.1) is 0 Å². The van der Waals surface area contributed by atoms with Gasteiger partial charge in [0.15, 0.2) is 12.2 Å². The highest BCUT2D eigenvalue weighted by Gasteiger charge is 2.30. The van der Waals surface area contributed by atoms with Crippen molar-refractivity contribution < 1.29 is 80.2 Å². The molecule has 19 heteroatoms. The van der Waals surface area contributed by atoms with Gasteiger partial charge in [-0.25, -0.2) is 9.13 Å². The molecular weight excluding hydrogens is 1030 g/mol. The van der Waals surface area contributed by atoms with Crippen LogP contribution in [-0.4, -0.2) is 96.7 Å². The van der Waals surface area contributed by atoms with Crippen molar-refractivity contribution in [2.75, 3.05) is 39.6 Å². The van der Waals surface area contributed by atoms with Crippen LogP contribution < -0.4 is 0 Å². The van der Waals surface area contributed by atoms with Gasteiger partial charge < -0.3 is 33.8 Å². The van der Waals surface area contributed by atoms with E-state index in [9.17, 15) is 43.2 Å². The first-order chi connectivity index (χ1) is 36.7. The third-order valence-electron chi connectivity index (χ3n) is 13.1. The van der Waals surface area contributed by atoms with Crippen molar-refractivity contribution in [3.63, 3.8) is 0 Å². The van der Waals surface area contributed by atoms with Gasteiger partial charge in [-0.05, 0) is 43.4 Å². The van der Waals surface area contributed by atoms with Crippen LogP contribution in [0, 0.1) is 17.8 Å². The summed E-state index contributed by atoms with van der Waals surface area (Å²) in [4.78, 5) is 71.7. The Balaban J connectivity index is 5.22. The van der Waals surface area contributed by atoms with E-state index in [-0.39, 0.29) is 25.7 Å². The maximum absolute atomic E-state index is 12.9. The lowest BCUT2D eigenvalue weighted by Crippen LogP contribution is -2.30. The lowest BCUT2D eigenvalue weighted by Gasteiger charge is -2.21. The molecule has 0 bridgehead atoms. The molecule has 0 saturated carbocycles. The van der Waals surface area contributed by atoms with Gasteiger partial charge in [0.2, 0.25) is 0 Å². The van der Waals surface area contributed by atoms with E-state index in [4.69, 9.17) is 37.0 Å². The number of unbranched alkanes of at least 4 members (excludes halogenated alkanes) is 24. The molecule has 456 valence electrons. The van der Waals surface area contributed by atoms with Crippen LogP contribution in [0.3, 0.4) is 0 Å². The molecule has 0 aromatic heterocycles. The van der Waals surface area contributed by atoms with Gasteiger partial charge in [0, 0.05) is 25.7 Å². The van der Waals surface area contributed by atoms with Crippen molar-refractivity contribution in [1.82, 2.24) is 0 Å². The molecule has 77 heavy (non-hydrogen) atoms. The van der Waals surface area contributed by atoms with Gasteiger partial charge in [-0.1, -0.05) is 222 Å². The van der Waals surface area contributed by atoms with Crippen LogP contribution in [0.2, 0.25) is 0 Å². The first-order valence-corrected chi connectivity index (χ1v) is 33.3. The van der Waals surface area contributed by atoms with Gasteiger partial charge in [0.05, 0.1) is 26.4 Å². The zero-order valence-corrected chi connectivity index (χ0v) is 51.2. The second kappa shape index (κ2) is 49.8. The minimum absolute atomic E-state index is 0.101. The maximum Gasteiger partial charge on any atom is 0.472 e. The summed E-state index contributed by atoms with van der Waals surface area (Å²) >= 11 is 0. The summed E-state index contributed by atoms with van der Waals surface area (Å²) in [7, 11) is -9.87. The molecule has 0 radical (unpaired) electrons. The smallest absolute Gasteiger partial charge is 0.462 e. The fourth-order valence-electron chi connectivity index (χ4n) is 8.42. The number of ether oxygens (including phenoxy) is 4. The Labute approximate surface area is 467 Å². The van der Waals surface area contributed by atoms with E-state index in [1.165, 1.54) is 64.2 Å². The van der Waals surface area contributed by atoms with Crippen LogP contribution in [0.5, 0.6) is 0 Å². The van der Waals surface area contributed by atoms with E-state index >= 15 is 0 Å². The Hall–Kier alpha value is -1.94. The second-order valence-corrected chi connectivity index (χ2v) is 25.4. The summed E-state index contributed by atoms with van der Waals surface area (Å²) in [5.74, 6) is -0.0692. The Bertz CT molecular complexity index is 1550. The molecule has 0 fully saturated rings. The highest BCUT2D eigenvalue weighted by Crippen LogP contribution is 2.45. The van der Waals surface area contributed by atoms with Crippen LogP contribution in [0.15, 0.2) is 0 Å². The molecule has 0 rings (SSSR count). The van der Waals surface area contributed by atoms with Crippen molar-refractivity contribution in [3.8, 4) is 0 Å². The molecule has 0 aromatic rings. The number of carbonyl (C=O) groups is 4. The van der Waals surface area contributed by atoms with Crippen molar-refractivity contribution in [2.24, 2.45) is 17.8 Å². The Kier molecular flexibility index (Phi) is 48.6. The second-order valence-electron chi connectivity index (χ2n) is 22.5. The third-order valence-corrected chi connectivity index (χ3v) is 15.0. The van der Waals surface area contributed by atoms with Crippen LogP contribution in [0.4, 0.5) is 0 Å². The molecule has 3 N–H and O–H groups in total. The predicted molar refractivity (Wildman–Crippen MR) is 303 cm³/mol. The fraction of sp³-hybridized carbons (Fsp3) is 0.931. The standard InChI is InChI=1S/C58H112O17P2/c1-8-9-10-11-15-25-32-39-55(60)68-45-54(75-58(63)42-35-28-21-19-24-31-38-51(6)7)48-73-77(66,67)71-44-52(59)43-70-76(64,65)72-47-53(46-69-56(61)40-33-26-20-18-23-30-37-50(4)5)74-57(62)41-34-27-17-14-12-13-16-22-29-36-49(2)3/h49-54,59H,8-48H2,1-7H3,(H,64,65)(H,66,67)/t52-,53-,54-/m1/s1. The number of rotatable bonds is 56. The number of carbonyl (C=O) groups excluding carboxylic acids is 4. The molecule has 0 saturated heterocycles. The monoisotopic (exact) mass is 1140 g/mol. The van der Waals surface area contributed by atoms with E-state index in [1.54, 1.807) is 0 Å². The first kappa shape index (κ1) is 75.1. The number of esters is 4. The molecule has 0 aliphatic carbocycles. The number of aliphatic hydroxyl groups is 1.